The number of nitrogens with one attached hydrogen (secondary N) is 1. The first-order valence-electron chi connectivity index (χ1n) is 7.13. The number of carbonyl (C=O) groups is 1. The maximum absolute atomic E-state index is 11.8. The van der Waals surface area contributed by atoms with Gasteiger partial charge in [-0.25, -0.2) is 13.1 Å². The lowest BCUT2D eigenvalue weighted by Crippen LogP contribution is -2.18. The molecule has 0 bridgehead atoms. The second-order valence-electron chi connectivity index (χ2n) is 5.43. The summed E-state index contributed by atoms with van der Waals surface area (Å²) in [4.78, 5) is 11.6. The molecule has 0 spiro atoms. The van der Waals surface area contributed by atoms with Crippen LogP contribution in [0.5, 0.6) is 0 Å². The average molecular weight is 348 g/mol. The Morgan fingerprint density at radius 2 is 2.00 bits per heavy atom. The molecule has 0 atom stereocenters. The van der Waals surface area contributed by atoms with Gasteiger partial charge in [-0.15, -0.1) is 0 Å². The quantitative estimate of drug-likeness (QED) is 0.734. The third-order valence-corrected chi connectivity index (χ3v) is 4.55. The van der Waals surface area contributed by atoms with E-state index in [1.807, 2.05) is 13.8 Å². The zero-order chi connectivity index (χ0) is 16.8. The van der Waals surface area contributed by atoms with E-state index in [0.29, 0.717) is 36.8 Å². The highest BCUT2D eigenvalue weighted by molar-refractivity contribution is 7.89. The van der Waals surface area contributed by atoms with Crippen LogP contribution in [0.25, 0.3) is 0 Å². The van der Waals surface area contributed by atoms with Gasteiger partial charge in [0.15, 0.2) is 0 Å². The van der Waals surface area contributed by atoms with Crippen LogP contribution in [0.1, 0.15) is 32.3 Å². The number of hydrogen-bond acceptors (Lipinski definition) is 4. The summed E-state index contributed by atoms with van der Waals surface area (Å²) >= 11 is 5.96. The van der Waals surface area contributed by atoms with Crippen LogP contribution < -0.4 is 4.72 Å². The third kappa shape index (κ3) is 6.34. The molecule has 0 amide bonds. The summed E-state index contributed by atoms with van der Waals surface area (Å²) in [6, 6.07) is 4.67. The Balaban J connectivity index is 2.62. The van der Waals surface area contributed by atoms with Gasteiger partial charge in [-0.3, -0.25) is 4.79 Å². The van der Waals surface area contributed by atoms with Crippen LogP contribution in [0.4, 0.5) is 0 Å². The van der Waals surface area contributed by atoms with Crippen molar-refractivity contribution in [3.05, 3.63) is 28.8 Å². The lowest BCUT2D eigenvalue weighted by atomic mass is 10.1. The molecular weight excluding hydrogens is 326 g/mol. The van der Waals surface area contributed by atoms with Crippen LogP contribution in [-0.4, -0.2) is 28.0 Å². The molecule has 1 rings (SSSR count). The maximum Gasteiger partial charge on any atom is 0.305 e. The molecule has 0 aromatic heterocycles. The molecule has 1 N–H and O–H groups in total. The van der Waals surface area contributed by atoms with Gasteiger partial charge >= 0.3 is 5.97 Å². The fourth-order valence-electron chi connectivity index (χ4n) is 1.81. The lowest BCUT2D eigenvalue weighted by Gasteiger charge is -2.08. The number of esters is 1. The number of aryl methyl sites for hydroxylation is 1. The van der Waals surface area contributed by atoms with Crippen LogP contribution >= 0.6 is 11.6 Å². The standard InChI is InChI=1S/C15H22ClNO4S/c1-11(2)10-21-15(18)6-4-5-12-7-13(16)9-14(8-12)22(19,20)17-3/h7-9,11,17H,4-6,10H2,1-3H3. The third-order valence-electron chi connectivity index (χ3n) is 2.93. The van der Waals surface area contributed by atoms with E-state index in [4.69, 9.17) is 16.3 Å². The second-order valence-corrected chi connectivity index (χ2v) is 7.76. The summed E-state index contributed by atoms with van der Waals surface area (Å²) in [6.07, 6.45) is 1.44. The SMILES string of the molecule is CNS(=O)(=O)c1cc(Cl)cc(CCCC(=O)OCC(C)C)c1. The van der Waals surface area contributed by atoms with Crippen molar-refractivity contribution in [1.29, 1.82) is 0 Å². The molecule has 5 nitrogen and oxygen atoms in total. The Morgan fingerprint density at radius 1 is 1.32 bits per heavy atom. The first-order chi connectivity index (χ1) is 10.2. The summed E-state index contributed by atoms with van der Waals surface area (Å²) in [7, 11) is -2.18. The van der Waals surface area contributed by atoms with Gasteiger partial charge in [0.25, 0.3) is 0 Å². The smallest absolute Gasteiger partial charge is 0.305 e. The number of halogens is 1. The lowest BCUT2D eigenvalue weighted by molar-refractivity contribution is -0.144. The summed E-state index contributed by atoms with van der Waals surface area (Å²) in [6.45, 7) is 4.37. The highest BCUT2D eigenvalue weighted by Gasteiger charge is 2.13. The normalized spacial score (nSPS) is 11.7. The molecule has 0 radical (unpaired) electrons. The van der Waals surface area contributed by atoms with Crippen molar-refractivity contribution in [2.24, 2.45) is 5.92 Å². The van der Waals surface area contributed by atoms with E-state index in [2.05, 4.69) is 4.72 Å². The van der Waals surface area contributed by atoms with Gasteiger partial charge in [0.05, 0.1) is 11.5 Å². The van der Waals surface area contributed by atoms with Crippen molar-refractivity contribution >= 4 is 27.6 Å². The molecule has 0 saturated carbocycles. The Labute approximate surface area is 137 Å². The minimum Gasteiger partial charge on any atom is -0.465 e. The number of sulfonamides is 1. The Hall–Kier alpha value is -1.11. The van der Waals surface area contributed by atoms with Crippen LogP contribution in [0.3, 0.4) is 0 Å². The first kappa shape index (κ1) is 18.9. The van der Waals surface area contributed by atoms with Gasteiger partial charge in [-0.05, 0) is 49.6 Å². The van der Waals surface area contributed by atoms with Crippen molar-refractivity contribution in [2.45, 2.75) is 38.0 Å². The van der Waals surface area contributed by atoms with Crippen molar-refractivity contribution in [2.75, 3.05) is 13.7 Å². The van der Waals surface area contributed by atoms with Crippen LogP contribution in [-0.2, 0) is 26.0 Å². The summed E-state index contributed by atoms with van der Waals surface area (Å²) < 4.78 is 30.9. The van der Waals surface area contributed by atoms with Crippen molar-refractivity contribution in [1.82, 2.24) is 4.72 Å². The van der Waals surface area contributed by atoms with Gasteiger partial charge in [-0.2, -0.15) is 0 Å². The fourth-order valence-corrected chi connectivity index (χ4v) is 2.95. The molecule has 1 aromatic carbocycles. The zero-order valence-electron chi connectivity index (χ0n) is 13.1. The van der Waals surface area contributed by atoms with Gasteiger partial charge in [-0.1, -0.05) is 25.4 Å². The molecule has 22 heavy (non-hydrogen) atoms. The number of hydrogen-bond donors (Lipinski definition) is 1. The molecule has 1 aromatic rings. The van der Waals surface area contributed by atoms with E-state index < -0.39 is 10.0 Å². The molecule has 0 saturated heterocycles. The zero-order valence-corrected chi connectivity index (χ0v) is 14.6. The van der Waals surface area contributed by atoms with E-state index in [1.165, 1.54) is 13.1 Å². The van der Waals surface area contributed by atoms with E-state index in [9.17, 15) is 13.2 Å². The van der Waals surface area contributed by atoms with Gasteiger partial charge in [0.2, 0.25) is 10.0 Å². The van der Waals surface area contributed by atoms with Crippen molar-refractivity contribution < 1.29 is 17.9 Å². The van der Waals surface area contributed by atoms with E-state index in [1.54, 1.807) is 12.1 Å². The van der Waals surface area contributed by atoms with E-state index in [-0.39, 0.29) is 10.9 Å². The number of ether oxygens (including phenoxy) is 1. The number of carbonyl (C=O) groups excluding carboxylic acids is 1. The number of benzene rings is 1. The highest BCUT2D eigenvalue weighted by atomic mass is 35.5. The molecule has 0 aliphatic heterocycles. The van der Waals surface area contributed by atoms with Crippen LogP contribution in [0, 0.1) is 5.92 Å². The molecule has 7 heteroatoms. The molecule has 0 fully saturated rings. The molecule has 0 heterocycles. The van der Waals surface area contributed by atoms with E-state index in [0.717, 1.165) is 5.56 Å². The molecule has 0 unspecified atom stereocenters. The molecule has 0 aliphatic carbocycles. The Bertz CT molecular complexity index is 614. The summed E-state index contributed by atoms with van der Waals surface area (Å²) in [5, 5.41) is 0.355. The summed E-state index contributed by atoms with van der Waals surface area (Å²) in [5.74, 6) is 0.0741. The van der Waals surface area contributed by atoms with Crippen molar-refractivity contribution in [3.8, 4) is 0 Å². The number of rotatable bonds is 8. The minimum atomic E-state index is -3.53. The average Bonchev–Trinajstić information content (AvgIpc) is 2.44. The Kier molecular flexibility index (Phi) is 7.32. The van der Waals surface area contributed by atoms with E-state index >= 15 is 0 Å². The predicted molar refractivity (Wildman–Crippen MR) is 86.4 cm³/mol. The maximum atomic E-state index is 11.8. The highest BCUT2D eigenvalue weighted by Crippen LogP contribution is 2.20. The summed E-state index contributed by atoms with van der Waals surface area (Å²) in [5.41, 5.74) is 0.776. The fraction of sp³-hybridized carbons (Fsp3) is 0.533. The molecular formula is C15H22ClNO4S. The topological polar surface area (TPSA) is 72.5 Å². The largest absolute Gasteiger partial charge is 0.465 e. The van der Waals surface area contributed by atoms with Crippen LogP contribution in [0.15, 0.2) is 23.1 Å². The minimum absolute atomic E-state index is 0.125. The molecule has 124 valence electrons. The second kappa shape index (κ2) is 8.50. The van der Waals surface area contributed by atoms with Crippen LogP contribution in [0.2, 0.25) is 5.02 Å². The molecule has 0 aliphatic rings. The van der Waals surface area contributed by atoms with Gasteiger partial charge < -0.3 is 4.74 Å². The predicted octanol–water partition coefficient (Wildman–Crippen LogP) is 2.77. The van der Waals surface area contributed by atoms with Gasteiger partial charge in [0, 0.05) is 11.4 Å². The monoisotopic (exact) mass is 347 g/mol. The van der Waals surface area contributed by atoms with Gasteiger partial charge in [0.1, 0.15) is 0 Å². The van der Waals surface area contributed by atoms with Crippen molar-refractivity contribution in [3.63, 3.8) is 0 Å². The first-order valence-corrected chi connectivity index (χ1v) is 8.99. The Morgan fingerprint density at radius 3 is 2.59 bits per heavy atom.